The Morgan fingerprint density at radius 2 is 1.32 bits per heavy atom. The molecular formula is C30H34BrNO5. The SMILES string of the molecule is O=C(O)CCNC(=O)c1ccc(CCCCCCCOc2ccc(OCc3ccc(Br)cc3)cc2)cc1. The predicted molar refractivity (Wildman–Crippen MR) is 148 cm³/mol. The van der Waals surface area contributed by atoms with E-state index in [-0.39, 0.29) is 18.9 Å². The van der Waals surface area contributed by atoms with E-state index in [4.69, 9.17) is 14.6 Å². The van der Waals surface area contributed by atoms with Crippen LogP contribution >= 0.6 is 15.9 Å². The summed E-state index contributed by atoms with van der Waals surface area (Å²) in [5.74, 6) is 0.516. The third-order valence-corrected chi connectivity index (χ3v) is 6.39. The zero-order valence-electron chi connectivity index (χ0n) is 21.0. The molecule has 0 unspecified atom stereocenters. The van der Waals surface area contributed by atoms with Crippen molar-refractivity contribution in [3.05, 3.63) is 94.0 Å². The van der Waals surface area contributed by atoms with Crippen LogP contribution in [-0.2, 0) is 17.8 Å². The molecule has 6 nitrogen and oxygen atoms in total. The summed E-state index contributed by atoms with van der Waals surface area (Å²) >= 11 is 3.44. The predicted octanol–water partition coefficient (Wildman–Crippen LogP) is 6.80. The molecule has 196 valence electrons. The Morgan fingerprint density at radius 1 is 0.730 bits per heavy atom. The summed E-state index contributed by atoms with van der Waals surface area (Å²) in [5.41, 5.74) is 2.88. The zero-order chi connectivity index (χ0) is 26.3. The molecule has 0 bridgehead atoms. The lowest BCUT2D eigenvalue weighted by atomic mass is 10.0. The number of aliphatic carboxylic acids is 1. The highest BCUT2D eigenvalue weighted by Gasteiger charge is 2.06. The van der Waals surface area contributed by atoms with Gasteiger partial charge in [-0.15, -0.1) is 0 Å². The van der Waals surface area contributed by atoms with Crippen LogP contribution in [-0.4, -0.2) is 30.1 Å². The van der Waals surface area contributed by atoms with Crippen LogP contribution in [0.2, 0.25) is 0 Å². The molecule has 3 aromatic rings. The molecule has 0 aliphatic heterocycles. The van der Waals surface area contributed by atoms with E-state index < -0.39 is 5.97 Å². The number of nitrogens with one attached hydrogen (secondary N) is 1. The summed E-state index contributed by atoms with van der Waals surface area (Å²) in [6.45, 7) is 1.37. The molecule has 1 amide bonds. The summed E-state index contributed by atoms with van der Waals surface area (Å²) in [6, 6.07) is 23.4. The lowest BCUT2D eigenvalue weighted by Gasteiger charge is -2.09. The summed E-state index contributed by atoms with van der Waals surface area (Å²) in [4.78, 5) is 22.5. The maximum absolute atomic E-state index is 12.0. The fourth-order valence-corrected chi connectivity index (χ4v) is 4.00. The van der Waals surface area contributed by atoms with Crippen LogP contribution in [0.15, 0.2) is 77.3 Å². The Kier molecular flexibility index (Phi) is 12.0. The fourth-order valence-electron chi connectivity index (χ4n) is 3.74. The number of carboxylic acid groups (broad SMARTS) is 1. The number of ether oxygens (including phenoxy) is 2. The van der Waals surface area contributed by atoms with E-state index in [1.54, 1.807) is 12.1 Å². The van der Waals surface area contributed by atoms with Gasteiger partial charge >= 0.3 is 5.97 Å². The summed E-state index contributed by atoms with van der Waals surface area (Å²) < 4.78 is 12.7. The molecule has 0 saturated heterocycles. The van der Waals surface area contributed by atoms with Gasteiger partial charge in [0, 0.05) is 16.6 Å². The standard InChI is InChI=1S/C30H34BrNO5/c31-26-13-9-24(10-14-26)22-37-28-17-15-27(16-18-28)36-21-5-3-1-2-4-6-23-7-11-25(12-8-23)30(35)32-20-19-29(33)34/h7-18H,1-6,19-22H2,(H,32,35)(H,33,34). The first-order valence-electron chi connectivity index (χ1n) is 12.7. The van der Waals surface area contributed by atoms with Gasteiger partial charge < -0.3 is 19.9 Å². The number of unbranched alkanes of at least 4 members (excludes halogenated alkanes) is 4. The van der Waals surface area contributed by atoms with E-state index >= 15 is 0 Å². The van der Waals surface area contributed by atoms with Gasteiger partial charge in [0.05, 0.1) is 13.0 Å². The van der Waals surface area contributed by atoms with E-state index in [1.165, 1.54) is 5.56 Å². The van der Waals surface area contributed by atoms with Gasteiger partial charge in [0.2, 0.25) is 0 Å². The van der Waals surface area contributed by atoms with Gasteiger partial charge in [-0.2, -0.15) is 0 Å². The molecule has 2 N–H and O–H groups in total. The Morgan fingerprint density at radius 3 is 2.00 bits per heavy atom. The van der Waals surface area contributed by atoms with Crippen LogP contribution in [0.3, 0.4) is 0 Å². The average molecular weight is 569 g/mol. The second-order valence-corrected chi connectivity index (χ2v) is 9.77. The van der Waals surface area contributed by atoms with Crippen LogP contribution in [0, 0.1) is 0 Å². The molecule has 0 heterocycles. The molecule has 0 spiro atoms. The number of rotatable bonds is 16. The number of benzene rings is 3. The van der Waals surface area contributed by atoms with E-state index in [1.807, 2.05) is 60.7 Å². The number of halogens is 1. The molecule has 0 aliphatic rings. The molecule has 0 fully saturated rings. The van der Waals surface area contributed by atoms with Crippen molar-refractivity contribution in [1.29, 1.82) is 0 Å². The zero-order valence-corrected chi connectivity index (χ0v) is 22.5. The van der Waals surface area contributed by atoms with Crippen molar-refractivity contribution in [3.63, 3.8) is 0 Å². The average Bonchev–Trinajstić information content (AvgIpc) is 2.90. The maximum atomic E-state index is 12.0. The largest absolute Gasteiger partial charge is 0.494 e. The van der Waals surface area contributed by atoms with Gasteiger partial charge in [-0.25, -0.2) is 0 Å². The van der Waals surface area contributed by atoms with Crippen LogP contribution in [0.4, 0.5) is 0 Å². The van der Waals surface area contributed by atoms with Crippen molar-refractivity contribution in [1.82, 2.24) is 5.32 Å². The lowest BCUT2D eigenvalue weighted by Crippen LogP contribution is -2.25. The summed E-state index contributed by atoms with van der Waals surface area (Å²) in [7, 11) is 0. The number of hydrogen-bond acceptors (Lipinski definition) is 4. The minimum Gasteiger partial charge on any atom is -0.494 e. The third kappa shape index (κ3) is 11.1. The third-order valence-electron chi connectivity index (χ3n) is 5.86. The summed E-state index contributed by atoms with van der Waals surface area (Å²) in [6.07, 6.45) is 6.47. The van der Waals surface area contributed by atoms with E-state index in [9.17, 15) is 9.59 Å². The Hall–Kier alpha value is -3.32. The molecular weight excluding hydrogens is 534 g/mol. The number of carboxylic acids is 1. The van der Waals surface area contributed by atoms with Gasteiger partial charge in [0.15, 0.2) is 0 Å². The quantitative estimate of drug-likeness (QED) is 0.186. The van der Waals surface area contributed by atoms with E-state index in [2.05, 4.69) is 21.2 Å². The van der Waals surface area contributed by atoms with Crippen LogP contribution in [0.25, 0.3) is 0 Å². The first kappa shape index (κ1) is 28.3. The van der Waals surface area contributed by atoms with Crippen molar-refractivity contribution in [2.24, 2.45) is 0 Å². The highest BCUT2D eigenvalue weighted by Crippen LogP contribution is 2.20. The van der Waals surface area contributed by atoms with Gasteiger partial charge in [-0.3, -0.25) is 9.59 Å². The second kappa shape index (κ2) is 15.7. The first-order valence-corrected chi connectivity index (χ1v) is 13.5. The molecule has 3 aromatic carbocycles. The van der Waals surface area contributed by atoms with Crippen molar-refractivity contribution < 1.29 is 24.2 Å². The minimum absolute atomic E-state index is 0.0766. The number of hydrogen-bond donors (Lipinski definition) is 2. The molecule has 37 heavy (non-hydrogen) atoms. The van der Waals surface area contributed by atoms with Crippen molar-refractivity contribution in [2.45, 2.75) is 51.6 Å². The van der Waals surface area contributed by atoms with Gasteiger partial charge in [-0.05, 0) is 78.9 Å². The molecule has 7 heteroatoms. The minimum atomic E-state index is -0.923. The molecule has 0 atom stereocenters. The van der Waals surface area contributed by atoms with Crippen LogP contribution < -0.4 is 14.8 Å². The van der Waals surface area contributed by atoms with Gasteiger partial charge in [-0.1, -0.05) is 59.5 Å². The molecule has 0 aliphatic carbocycles. The Balaban J connectivity index is 1.21. The smallest absolute Gasteiger partial charge is 0.305 e. The number of carbonyl (C=O) groups is 2. The first-order chi connectivity index (χ1) is 18.0. The number of carbonyl (C=O) groups excluding carboxylic acids is 1. The number of aryl methyl sites for hydroxylation is 1. The van der Waals surface area contributed by atoms with Gasteiger partial charge in [0.1, 0.15) is 18.1 Å². The second-order valence-electron chi connectivity index (χ2n) is 8.85. The molecule has 0 aromatic heterocycles. The van der Waals surface area contributed by atoms with Crippen LogP contribution in [0.5, 0.6) is 11.5 Å². The highest BCUT2D eigenvalue weighted by molar-refractivity contribution is 9.10. The van der Waals surface area contributed by atoms with Crippen molar-refractivity contribution in [2.75, 3.05) is 13.2 Å². The van der Waals surface area contributed by atoms with Crippen LogP contribution in [0.1, 0.15) is 60.0 Å². The summed E-state index contributed by atoms with van der Waals surface area (Å²) in [5, 5.41) is 11.3. The number of amides is 1. The van der Waals surface area contributed by atoms with E-state index in [0.29, 0.717) is 18.8 Å². The Labute approximate surface area is 227 Å². The van der Waals surface area contributed by atoms with Crippen molar-refractivity contribution in [3.8, 4) is 11.5 Å². The normalized spacial score (nSPS) is 10.6. The fraction of sp³-hybridized carbons (Fsp3) is 0.333. The van der Waals surface area contributed by atoms with Gasteiger partial charge in [0.25, 0.3) is 5.91 Å². The van der Waals surface area contributed by atoms with E-state index in [0.717, 1.165) is 60.1 Å². The molecule has 3 rings (SSSR count). The molecule has 0 radical (unpaired) electrons. The topological polar surface area (TPSA) is 84.9 Å². The highest BCUT2D eigenvalue weighted by atomic mass is 79.9. The monoisotopic (exact) mass is 567 g/mol. The molecule has 0 saturated carbocycles. The maximum Gasteiger partial charge on any atom is 0.305 e. The Bertz CT molecular complexity index is 1100. The van der Waals surface area contributed by atoms with Crippen molar-refractivity contribution >= 4 is 27.8 Å². The lowest BCUT2D eigenvalue weighted by molar-refractivity contribution is -0.136.